The minimum Gasteiger partial charge on any atom is -0.277 e. The number of thioether (sulfide) groups is 1. The first-order chi connectivity index (χ1) is 11.3. The second-order valence-electron chi connectivity index (χ2n) is 4.85. The van der Waals surface area contributed by atoms with Crippen molar-refractivity contribution < 1.29 is 0 Å². The monoisotopic (exact) mass is 402 g/mol. The average Bonchev–Trinajstić information content (AvgIpc) is 3.20. The first-order valence-corrected chi connectivity index (χ1v) is 9.58. The topological polar surface area (TPSA) is 43.1 Å². The number of fused-ring (bicyclic) bond motifs is 1. The standard InChI is InChI=1S/C16H11BrN4S2/c17-12-5-3-4-11(8-12)15-18-13(9-22-15)10-23-16-20-19-14-6-1-2-7-21(14)16/h1-9H,10H2. The van der Waals surface area contributed by atoms with Gasteiger partial charge in [-0.1, -0.05) is 45.9 Å². The van der Waals surface area contributed by atoms with Crippen molar-refractivity contribution in [2.75, 3.05) is 0 Å². The molecule has 0 saturated carbocycles. The van der Waals surface area contributed by atoms with Gasteiger partial charge in [-0.15, -0.1) is 21.5 Å². The van der Waals surface area contributed by atoms with Crippen LogP contribution in [0.4, 0.5) is 0 Å². The van der Waals surface area contributed by atoms with Gasteiger partial charge in [-0.2, -0.15) is 0 Å². The van der Waals surface area contributed by atoms with E-state index >= 15 is 0 Å². The first kappa shape index (κ1) is 14.9. The summed E-state index contributed by atoms with van der Waals surface area (Å²) in [4.78, 5) is 4.72. The minimum absolute atomic E-state index is 0.778. The lowest BCUT2D eigenvalue weighted by molar-refractivity contribution is 0.920. The zero-order chi connectivity index (χ0) is 15.6. The molecule has 4 aromatic rings. The Hall–Kier alpha value is -1.70. The van der Waals surface area contributed by atoms with E-state index in [1.807, 2.05) is 40.9 Å². The van der Waals surface area contributed by atoms with Crippen LogP contribution in [-0.2, 0) is 5.75 Å². The van der Waals surface area contributed by atoms with Gasteiger partial charge in [0.25, 0.3) is 0 Å². The highest BCUT2D eigenvalue weighted by atomic mass is 79.9. The molecular formula is C16H11BrN4S2. The molecule has 0 N–H and O–H groups in total. The van der Waals surface area contributed by atoms with Crippen molar-refractivity contribution in [3.63, 3.8) is 0 Å². The number of thiazole rings is 1. The lowest BCUT2D eigenvalue weighted by atomic mass is 10.2. The maximum Gasteiger partial charge on any atom is 0.195 e. The molecule has 0 spiro atoms. The summed E-state index contributed by atoms with van der Waals surface area (Å²) in [6.45, 7) is 0. The zero-order valence-corrected chi connectivity index (χ0v) is 15.1. The third-order valence-electron chi connectivity index (χ3n) is 3.25. The Morgan fingerprint density at radius 2 is 2.09 bits per heavy atom. The Morgan fingerprint density at radius 1 is 1.13 bits per heavy atom. The van der Waals surface area contributed by atoms with Crippen LogP contribution in [0.1, 0.15) is 5.69 Å². The molecule has 0 aliphatic heterocycles. The van der Waals surface area contributed by atoms with Crippen LogP contribution in [0.2, 0.25) is 0 Å². The van der Waals surface area contributed by atoms with Gasteiger partial charge in [0.1, 0.15) is 5.01 Å². The van der Waals surface area contributed by atoms with Gasteiger partial charge in [-0.3, -0.25) is 4.40 Å². The van der Waals surface area contributed by atoms with Gasteiger partial charge in [0.05, 0.1) is 5.69 Å². The van der Waals surface area contributed by atoms with E-state index in [4.69, 9.17) is 4.98 Å². The number of pyridine rings is 1. The molecule has 0 aliphatic carbocycles. The van der Waals surface area contributed by atoms with Gasteiger partial charge in [0.2, 0.25) is 0 Å². The highest BCUT2D eigenvalue weighted by Gasteiger charge is 2.09. The van der Waals surface area contributed by atoms with E-state index in [0.717, 1.165) is 37.3 Å². The molecule has 4 nitrogen and oxygen atoms in total. The molecule has 114 valence electrons. The Morgan fingerprint density at radius 3 is 3.00 bits per heavy atom. The molecule has 3 aromatic heterocycles. The number of hydrogen-bond donors (Lipinski definition) is 0. The second kappa shape index (κ2) is 6.43. The van der Waals surface area contributed by atoms with Crippen molar-refractivity contribution in [2.24, 2.45) is 0 Å². The van der Waals surface area contributed by atoms with Crippen molar-refractivity contribution in [3.05, 3.63) is 64.2 Å². The summed E-state index contributed by atoms with van der Waals surface area (Å²) in [7, 11) is 0. The van der Waals surface area contributed by atoms with Crippen molar-refractivity contribution >= 4 is 44.7 Å². The summed E-state index contributed by atoms with van der Waals surface area (Å²) in [5.41, 5.74) is 3.05. The average molecular weight is 403 g/mol. The summed E-state index contributed by atoms with van der Waals surface area (Å²) in [5.74, 6) is 0.778. The van der Waals surface area contributed by atoms with E-state index in [2.05, 4.69) is 43.6 Å². The SMILES string of the molecule is Brc1cccc(-c2nc(CSc3nnc4ccccn34)cs2)c1. The van der Waals surface area contributed by atoms with Crippen molar-refractivity contribution in [3.8, 4) is 10.6 Å². The molecule has 0 aliphatic rings. The fourth-order valence-corrected chi connectivity index (χ4v) is 4.32. The first-order valence-electron chi connectivity index (χ1n) is 6.92. The molecule has 23 heavy (non-hydrogen) atoms. The van der Waals surface area contributed by atoms with Crippen LogP contribution in [0.5, 0.6) is 0 Å². The summed E-state index contributed by atoms with van der Waals surface area (Å²) in [6.07, 6.45) is 1.98. The quantitative estimate of drug-likeness (QED) is 0.455. The maximum atomic E-state index is 4.72. The van der Waals surface area contributed by atoms with Crippen LogP contribution in [0.3, 0.4) is 0 Å². The van der Waals surface area contributed by atoms with Crippen molar-refractivity contribution in [2.45, 2.75) is 10.9 Å². The van der Waals surface area contributed by atoms with E-state index in [0.29, 0.717) is 0 Å². The van der Waals surface area contributed by atoms with Crippen molar-refractivity contribution in [1.82, 2.24) is 19.6 Å². The van der Waals surface area contributed by atoms with Gasteiger partial charge in [0.15, 0.2) is 10.8 Å². The third kappa shape index (κ3) is 3.17. The molecule has 0 saturated heterocycles. The normalized spacial score (nSPS) is 11.2. The van der Waals surface area contributed by atoms with Gasteiger partial charge in [-0.05, 0) is 24.3 Å². The number of nitrogens with zero attached hydrogens (tertiary/aromatic N) is 4. The Balaban J connectivity index is 1.52. The summed E-state index contributed by atoms with van der Waals surface area (Å²) < 4.78 is 3.06. The number of aromatic nitrogens is 4. The maximum absolute atomic E-state index is 4.72. The summed E-state index contributed by atoms with van der Waals surface area (Å²) in [5, 5.41) is 12.4. The van der Waals surface area contributed by atoms with Gasteiger partial charge < -0.3 is 0 Å². The lowest BCUT2D eigenvalue weighted by Gasteiger charge is -1.98. The Bertz CT molecular complexity index is 963. The van der Waals surface area contributed by atoms with Crippen LogP contribution in [0.25, 0.3) is 16.2 Å². The Labute approximate surface area is 149 Å². The molecular weight excluding hydrogens is 392 g/mol. The molecule has 0 atom stereocenters. The van der Waals surface area contributed by atoms with Crippen molar-refractivity contribution in [1.29, 1.82) is 0 Å². The van der Waals surface area contributed by atoms with Gasteiger partial charge in [0, 0.05) is 27.4 Å². The van der Waals surface area contributed by atoms with Crippen LogP contribution < -0.4 is 0 Å². The number of halogens is 1. The lowest BCUT2D eigenvalue weighted by Crippen LogP contribution is -1.88. The largest absolute Gasteiger partial charge is 0.277 e. The third-order valence-corrected chi connectivity index (χ3v) is 5.66. The fourth-order valence-electron chi connectivity index (χ4n) is 2.18. The fraction of sp³-hybridized carbons (Fsp3) is 0.0625. The number of rotatable bonds is 4. The predicted octanol–water partition coefficient (Wildman–Crippen LogP) is 4.91. The van der Waals surface area contributed by atoms with Gasteiger partial charge in [-0.25, -0.2) is 4.98 Å². The molecule has 0 unspecified atom stereocenters. The highest BCUT2D eigenvalue weighted by Crippen LogP contribution is 2.28. The predicted molar refractivity (Wildman–Crippen MR) is 97.8 cm³/mol. The summed E-state index contributed by atoms with van der Waals surface area (Å²) >= 11 is 6.81. The molecule has 0 bridgehead atoms. The molecule has 0 fully saturated rings. The molecule has 3 heterocycles. The summed E-state index contributed by atoms with van der Waals surface area (Å²) in [6, 6.07) is 14.1. The molecule has 4 rings (SSSR count). The van der Waals surface area contributed by atoms with E-state index in [9.17, 15) is 0 Å². The molecule has 0 amide bonds. The molecule has 7 heteroatoms. The van der Waals surface area contributed by atoms with E-state index in [1.54, 1.807) is 23.1 Å². The zero-order valence-electron chi connectivity index (χ0n) is 11.9. The van der Waals surface area contributed by atoms with Gasteiger partial charge >= 0.3 is 0 Å². The van der Waals surface area contributed by atoms with E-state index < -0.39 is 0 Å². The van der Waals surface area contributed by atoms with Crippen LogP contribution in [0, 0.1) is 0 Å². The van der Waals surface area contributed by atoms with Crippen LogP contribution in [-0.4, -0.2) is 19.6 Å². The van der Waals surface area contributed by atoms with Crippen LogP contribution in [0.15, 0.2) is 63.7 Å². The van der Waals surface area contributed by atoms with E-state index in [1.165, 1.54) is 0 Å². The highest BCUT2D eigenvalue weighted by molar-refractivity contribution is 9.10. The van der Waals surface area contributed by atoms with Crippen LogP contribution >= 0.6 is 39.0 Å². The van der Waals surface area contributed by atoms with E-state index in [-0.39, 0.29) is 0 Å². The number of benzene rings is 1. The second-order valence-corrected chi connectivity index (χ2v) is 7.57. The molecule has 0 radical (unpaired) electrons. The smallest absolute Gasteiger partial charge is 0.195 e. The Kier molecular flexibility index (Phi) is 4.15. The minimum atomic E-state index is 0.778. The molecule has 1 aromatic carbocycles. The number of hydrogen-bond acceptors (Lipinski definition) is 5.